The highest BCUT2D eigenvalue weighted by Crippen LogP contribution is 2.19. The van der Waals surface area contributed by atoms with Crippen molar-refractivity contribution in [3.8, 4) is 0 Å². The number of aliphatic hydroxyl groups is 1. The van der Waals surface area contributed by atoms with Crippen LogP contribution in [0.1, 0.15) is 16.8 Å². The molecule has 1 fully saturated rings. The first-order valence-corrected chi connectivity index (χ1v) is 5.97. The molecule has 6 heteroatoms. The van der Waals surface area contributed by atoms with Gasteiger partial charge in [0.2, 0.25) is 0 Å². The average molecular weight is 246 g/mol. The van der Waals surface area contributed by atoms with Crippen molar-refractivity contribution in [2.24, 2.45) is 5.92 Å². The maximum atomic E-state index is 12.3. The van der Waals surface area contributed by atoms with Gasteiger partial charge < -0.3 is 10.0 Å². The lowest BCUT2D eigenvalue weighted by Gasteiger charge is -2.15. The monoisotopic (exact) mass is 246 g/mol. The van der Waals surface area contributed by atoms with Gasteiger partial charge in [0.15, 0.2) is 0 Å². The lowest BCUT2D eigenvalue weighted by molar-refractivity contribution is 0.0783. The van der Waals surface area contributed by atoms with Crippen LogP contribution < -0.4 is 0 Å². The maximum absolute atomic E-state index is 12.3. The molecule has 1 aliphatic rings. The highest BCUT2D eigenvalue weighted by atomic mass is 16.3. The smallest absolute Gasteiger partial charge is 0.257 e. The molecule has 18 heavy (non-hydrogen) atoms. The molecule has 2 aromatic rings. The molecular weight excluding hydrogens is 232 g/mol. The molecule has 1 amide bonds. The number of aromatic nitrogens is 3. The second kappa shape index (κ2) is 4.38. The number of hydrogen-bond acceptors (Lipinski definition) is 4. The van der Waals surface area contributed by atoms with Gasteiger partial charge in [0, 0.05) is 38.0 Å². The van der Waals surface area contributed by atoms with Crippen LogP contribution in [0.25, 0.3) is 5.52 Å². The fraction of sp³-hybridized carbons (Fsp3) is 0.417. The Kier molecular flexibility index (Phi) is 2.71. The second-order valence-electron chi connectivity index (χ2n) is 4.55. The van der Waals surface area contributed by atoms with E-state index in [-0.39, 0.29) is 18.4 Å². The molecule has 0 radical (unpaired) electrons. The Morgan fingerprint density at radius 1 is 1.50 bits per heavy atom. The summed E-state index contributed by atoms with van der Waals surface area (Å²) in [4.78, 5) is 18.1. The van der Waals surface area contributed by atoms with Crippen molar-refractivity contribution in [1.29, 1.82) is 0 Å². The average Bonchev–Trinajstić information content (AvgIpc) is 3.04. The first-order valence-electron chi connectivity index (χ1n) is 5.97. The van der Waals surface area contributed by atoms with E-state index in [0.29, 0.717) is 18.7 Å². The largest absolute Gasteiger partial charge is 0.396 e. The Balaban J connectivity index is 1.89. The van der Waals surface area contributed by atoms with Gasteiger partial charge in [-0.25, -0.2) is 4.52 Å². The van der Waals surface area contributed by atoms with Gasteiger partial charge in [-0.2, -0.15) is 5.10 Å². The SMILES string of the molecule is O=C(c1cnn2ccncc12)N1CCC(CO)C1. The van der Waals surface area contributed by atoms with Crippen LogP contribution in [-0.2, 0) is 0 Å². The molecule has 6 nitrogen and oxygen atoms in total. The summed E-state index contributed by atoms with van der Waals surface area (Å²) in [6, 6.07) is 0. The summed E-state index contributed by atoms with van der Waals surface area (Å²) in [5.74, 6) is 0.169. The predicted octanol–water partition coefficient (Wildman–Crippen LogP) is 0.184. The molecule has 1 unspecified atom stereocenters. The molecular formula is C12H14N4O2. The molecule has 1 atom stereocenters. The molecule has 3 heterocycles. The van der Waals surface area contributed by atoms with E-state index in [1.165, 1.54) is 0 Å². The van der Waals surface area contributed by atoms with E-state index in [2.05, 4.69) is 10.1 Å². The van der Waals surface area contributed by atoms with E-state index in [0.717, 1.165) is 11.9 Å². The van der Waals surface area contributed by atoms with Crippen LogP contribution in [-0.4, -0.2) is 50.2 Å². The number of nitrogens with zero attached hydrogens (tertiary/aromatic N) is 4. The Morgan fingerprint density at radius 3 is 3.17 bits per heavy atom. The minimum Gasteiger partial charge on any atom is -0.396 e. The van der Waals surface area contributed by atoms with E-state index >= 15 is 0 Å². The standard InChI is InChI=1S/C12H14N4O2/c17-8-9-1-3-15(7-9)12(18)10-5-14-16-4-2-13-6-11(10)16/h2,4-6,9,17H,1,3,7-8H2. The molecule has 94 valence electrons. The number of hydrogen-bond donors (Lipinski definition) is 1. The molecule has 0 aromatic carbocycles. The maximum Gasteiger partial charge on any atom is 0.257 e. The van der Waals surface area contributed by atoms with E-state index < -0.39 is 0 Å². The van der Waals surface area contributed by atoms with Crippen LogP contribution in [0.3, 0.4) is 0 Å². The number of amides is 1. The molecule has 2 aromatic heterocycles. The third kappa shape index (κ3) is 1.74. The summed E-state index contributed by atoms with van der Waals surface area (Å²) in [5, 5.41) is 13.2. The van der Waals surface area contributed by atoms with Crippen LogP contribution >= 0.6 is 0 Å². The Labute approximate surface area is 104 Å². The zero-order valence-corrected chi connectivity index (χ0v) is 9.86. The number of carbonyl (C=O) groups is 1. The predicted molar refractivity (Wildman–Crippen MR) is 64.1 cm³/mol. The van der Waals surface area contributed by atoms with Crippen molar-refractivity contribution >= 4 is 11.4 Å². The van der Waals surface area contributed by atoms with Gasteiger partial charge in [-0.05, 0) is 6.42 Å². The third-order valence-corrected chi connectivity index (χ3v) is 3.39. The molecule has 0 spiro atoms. The van der Waals surface area contributed by atoms with Crippen LogP contribution in [0.4, 0.5) is 0 Å². The fourth-order valence-corrected chi connectivity index (χ4v) is 2.34. The Hall–Kier alpha value is -1.95. The van der Waals surface area contributed by atoms with Crippen LogP contribution in [0.2, 0.25) is 0 Å². The Bertz CT molecular complexity index is 580. The molecule has 1 saturated heterocycles. The summed E-state index contributed by atoms with van der Waals surface area (Å²) in [6.45, 7) is 1.45. The van der Waals surface area contributed by atoms with Crippen molar-refractivity contribution in [3.63, 3.8) is 0 Å². The first kappa shape index (κ1) is 11.2. The van der Waals surface area contributed by atoms with E-state index in [1.807, 2.05) is 0 Å². The molecule has 0 bridgehead atoms. The van der Waals surface area contributed by atoms with Crippen molar-refractivity contribution < 1.29 is 9.90 Å². The second-order valence-corrected chi connectivity index (χ2v) is 4.55. The van der Waals surface area contributed by atoms with Gasteiger partial charge in [-0.15, -0.1) is 0 Å². The van der Waals surface area contributed by atoms with E-state index in [4.69, 9.17) is 5.11 Å². The van der Waals surface area contributed by atoms with Crippen molar-refractivity contribution in [3.05, 3.63) is 30.4 Å². The summed E-state index contributed by atoms with van der Waals surface area (Å²) in [5.41, 5.74) is 1.29. The number of fused-ring (bicyclic) bond motifs is 1. The van der Waals surface area contributed by atoms with Gasteiger partial charge in [-0.1, -0.05) is 0 Å². The van der Waals surface area contributed by atoms with E-state index in [9.17, 15) is 4.79 Å². The quantitative estimate of drug-likeness (QED) is 0.820. The molecule has 0 aliphatic carbocycles. The minimum absolute atomic E-state index is 0.0334. The summed E-state index contributed by atoms with van der Waals surface area (Å²) in [7, 11) is 0. The van der Waals surface area contributed by atoms with Gasteiger partial charge in [0.1, 0.15) is 0 Å². The lowest BCUT2D eigenvalue weighted by Crippen LogP contribution is -2.29. The molecule has 0 saturated carbocycles. The van der Waals surface area contributed by atoms with E-state index in [1.54, 1.807) is 34.2 Å². The third-order valence-electron chi connectivity index (χ3n) is 3.39. The molecule has 3 rings (SSSR count). The van der Waals surface area contributed by atoms with Crippen molar-refractivity contribution in [1.82, 2.24) is 19.5 Å². The highest BCUT2D eigenvalue weighted by molar-refractivity contribution is 6.00. The zero-order valence-electron chi connectivity index (χ0n) is 9.86. The lowest BCUT2D eigenvalue weighted by atomic mass is 10.1. The van der Waals surface area contributed by atoms with Crippen molar-refractivity contribution in [2.75, 3.05) is 19.7 Å². The highest BCUT2D eigenvalue weighted by Gasteiger charge is 2.27. The number of aliphatic hydroxyl groups excluding tert-OH is 1. The van der Waals surface area contributed by atoms with Crippen LogP contribution in [0.5, 0.6) is 0 Å². The number of likely N-dealkylation sites (tertiary alicyclic amines) is 1. The van der Waals surface area contributed by atoms with Gasteiger partial charge in [0.05, 0.1) is 23.5 Å². The van der Waals surface area contributed by atoms with Gasteiger partial charge >= 0.3 is 0 Å². The number of carbonyl (C=O) groups excluding carboxylic acids is 1. The minimum atomic E-state index is -0.0334. The summed E-state index contributed by atoms with van der Waals surface area (Å²) < 4.78 is 1.64. The zero-order chi connectivity index (χ0) is 12.5. The van der Waals surface area contributed by atoms with Crippen molar-refractivity contribution in [2.45, 2.75) is 6.42 Å². The topological polar surface area (TPSA) is 70.7 Å². The fourth-order valence-electron chi connectivity index (χ4n) is 2.34. The van der Waals surface area contributed by atoms with Gasteiger partial charge in [-0.3, -0.25) is 9.78 Å². The normalized spacial score (nSPS) is 19.6. The molecule has 1 N–H and O–H groups in total. The Morgan fingerprint density at radius 2 is 2.39 bits per heavy atom. The van der Waals surface area contributed by atoms with Gasteiger partial charge in [0.25, 0.3) is 5.91 Å². The first-order chi connectivity index (χ1) is 8.79. The summed E-state index contributed by atoms with van der Waals surface area (Å²) >= 11 is 0. The van der Waals surface area contributed by atoms with Crippen LogP contribution in [0, 0.1) is 5.92 Å². The molecule has 1 aliphatic heterocycles. The van der Waals surface area contributed by atoms with Crippen LogP contribution in [0.15, 0.2) is 24.8 Å². The number of rotatable bonds is 2. The summed E-state index contributed by atoms with van der Waals surface area (Å²) in [6.07, 6.45) is 7.42.